The monoisotopic (exact) mass is 183 g/mol. The third-order valence-corrected chi connectivity index (χ3v) is 1.58. The number of hydrogen-bond acceptors (Lipinski definition) is 3. The van der Waals surface area contributed by atoms with Crippen molar-refractivity contribution in [2.24, 2.45) is 4.99 Å². The lowest BCUT2D eigenvalue weighted by Gasteiger charge is -2.09. The molecule has 0 aromatic carbocycles. The minimum Gasteiger partial charge on any atom is -0.477 e. The molecule has 1 rings (SSSR count). The molecule has 1 heterocycles. The van der Waals surface area contributed by atoms with Crippen LogP contribution in [0.5, 0.6) is 0 Å². The number of nitrogens with zero attached hydrogens (tertiary/aromatic N) is 1. The van der Waals surface area contributed by atoms with E-state index in [0.717, 1.165) is 0 Å². The van der Waals surface area contributed by atoms with Gasteiger partial charge in [-0.15, -0.1) is 23.2 Å². The predicted molar refractivity (Wildman–Crippen MR) is 39.8 cm³/mol. The maximum Gasteiger partial charge on any atom is 0.216 e. The van der Waals surface area contributed by atoms with Gasteiger partial charge in [0.2, 0.25) is 5.90 Å². The highest BCUT2D eigenvalue weighted by Gasteiger charge is 2.23. The molecule has 1 aliphatic heterocycles. The van der Waals surface area contributed by atoms with Gasteiger partial charge in [-0.25, -0.2) is 4.99 Å². The SMILES string of the molecule is OC(C1=NCCO1)C(Cl)Cl. The molecule has 0 aliphatic carbocycles. The molecule has 0 aromatic rings. The van der Waals surface area contributed by atoms with Gasteiger partial charge in [0, 0.05) is 0 Å². The summed E-state index contributed by atoms with van der Waals surface area (Å²) in [6.45, 7) is 1.08. The van der Waals surface area contributed by atoms with Crippen LogP contribution in [0.1, 0.15) is 0 Å². The molecule has 5 heteroatoms. The van der Waals surface area contributed by atoms with Gasteiger partial charge in [0.25, 0.3) is 0 Å². The molecular weight excluding hydrogens is 177 g/mol. The van der Waals surface area contributed by atoms with E-state index >= 15 is 0 Å². The minimum atomic E-state index is -0.981. The summed E-state index contributed by atoms with van der Waals surface area (Å²) in [6.07, 6.45) is -0.981. The summed E-state index contributed by atoms with van der Waals surface area (Å²) in [6, 6.07) is 0. The highest BCUT2D eigenvalue weighted by atomic mass is 35.5. The predicted octanol–water partition coefficient (Wildman–Crippen LogP) is 0.580. The Hall–Kier alpha value is 0.01000. The molecule has 3 nitrogen and oxygen atoms in total. The second-order valence-corrected chi connectivity index (χ2v) is 3.01. The Bertz CT molecular complexity index is 149. The molecule has 0 aromatic heterocycles. The standard InChI is InChI=1S/C5H7Cl2NO2/c6-4(7)3(9)5-8-1-2-10-5/h3-4,9H,1-2H2. The van der Waals surface area contributed by atoms with E-state index in [1.54, 1.807) is 0 Å². The van der Waals surface area contributed by atoms with Gasteiger partial charge >= 0.3 is 0 Å². The maximum absolute atomic E-state index is 9.11. The highest BCUT2D eigenvalue weighted by molar-refractivity contribution is 6.45. The Balaban J connectivity index is 2.47. The average molecular weight is 184 g/mol. The van der Waals surface area contributed by atoms with Crippen LogP contribution in [0.25, 0.3) is 0 Å². The van der Waals surface area contributed by atoms with E-state index in [-0.39, 0.29) is 5.90 Å². The molecular formula is C5H7Cl2NO2. The van der Waals surface area contributed by atoms with Crippen LogP contribution < -0.4 is 0 Å². The second kappa shape index (κ2) is 3.42. The zero-order chi connectivity index (χ0) is 7.56. The fourth-order valence-corrected chi connectivity index (χ4v) is 0.854. The van der Waals surface area contributed by atoms with Crippen molar-refractivity contribution < 1.29 is 9.84 Å². The van der Waals surface area contributed by atoms with Gasteiger partial charge in [0.05, 0.1) is 6.54 Å². The van der Waals surface area contributed by atoms with Gasteiger partial charge in [-0.2, -0.15) is 0 Å². The van der Waals surface area contributed by atoms with Gasteiger partial charge < -0.3 is 9.84 Å². The van der Waals surface area contributed by atoms with Crippen LogP contribution in [0.15, 0.2) is 4.99 Å². The van der Waals surface area contributed by atoms with Crippen LogP contribution in [0.4, 0.5) is 0 Å². The number of aliphatic hydroxyl groups is 1. The van der Waals surface area contributed by atoms with Crippen LogP contribution >= 0.6 is 23.2 Å². The third kappa shape index (κ3) is 1.75. The van der Waals surface area contributed by atoms with Gasteiger partial charge in [-0.1, -0.05) is 0 Å². The molecule has 0 spiro atoms. The largest absolute Gasteiger partial charge is 0.477 e. The number of aliphatic imine (C=N–C) groups is 1. The van der Waals surface area contributed by atoms with Gasteiger partial charge in [0.1, 0.15) is 11.4 Å². The third-order valence-electron chi connectivity index (χ3n) is 1.10. The van der Waals surface area contributed by atoms with Crippen LogP contribution in [0, 0.1) is 0 Å². The fraction of sp³-hybridized carbons (Fsp3) is 0.800. The molecule has 58 valence electrons. The first-order valence-corrected chi connectivity index (χ1v) is 3.72. The number of hydrogen-bond donors (Lipinski definition) is 1. The number of aliphatic hydroxyl groups excluding tert-OH is 1. The summed E-state index contributed by atoms with van der Waals surface area (Å²) < 4.78 is 4.91. The minimum absolute atomic E-state index is 0.245. The normalized spacial score (nSPS) is 20.6. The van der Waals surface area contributed by atoms with E-state index in [0.29, 0.717) is 13.2 Å². The van der Waals surface area contributed by atoms with Gasteiger partial charge in [-0.3, -0.25) is 0 Å². The molecule has 0 amide bonds. The lowest BCUT2D eigenvalue weighted by atomic mass is 10.4. The molecule has 0 fully saturated rings. The first-order valence-electron chi connectivity index (χ1n) is 2.85. The Morgan fingerprint density at radius 1 is 1.60 bits per heavy atom. The van der Waals surface area contributed by atoms with E-state index in [1.165, 1.54) is 0 Å². The van der Waals surface area contributed by atoms with Crippen molar-refractivity contribution in [1.82, 2.24) is 0 Å². The van der Waals surface area contributed by atoms with Crippen molar-refractivity contribution in [3.63, 3.8) is 0 Å². The van der Waals surface area contributed by atoms with Gasteiger partial charge in [0.15, 0.2) is 6.10 Å². The molecule has 0 saturated carbocycles. The Kier molecular flexibility index (Phi) is 2.77. The molecule has 1 N–H and O–H groups in total. The van der Waals surface area contributed by atoms with Crippen LogP contribution in [0.2, 0.25) is 0 Å². The van der Waals surface area contributed by atoms with Crippen molar-refractivity contribution in [2.75, 3.05) is 13.2 Å². The van der Waals surface area contributed by atoms with Crippen molar-refractivity contribution in [3.05, 3.63) is 0 Å². The molecule has 0 bridgehead atoms. The van der Waals surface area contributed by atoms with Crippen molar-refractivity contribution in [3.8, 4) is 0 Å². The van der Waals surface area contributed by atoms with E-state index in [9.17, 15) is 0 Å². The number of rotatable bonds is 2. The van der Waals surface area contributed by atoms with Crippen LogP contribution in [-0.4, -0.2) is 35.1 Å². The number of halogens is 2. The lowest BCUT2D eigenvalue weighted by Crippen LogP contribution is -2.27. The zero-order valence-corrected chi connectivity index (χ0v) is 6.64. The lowest BCUT2D eigenvalue weighted by molar-refractivity contribution is 0.210. The quantitative estimate of drug-likeness (QED) is 0.637. The molecule has 1 unspecified atom stereocenters. The highest BCUT2D eigenvalue weighted by Crippen LogP contribution is 2.12. The summed E-state index contributed by atoms with van der Waals surface area (Å²) in [7, 11) is 0. The summed E-state index contributed by atoms with van der Waals surface area (Å²) in [4.78, 5) is 2.97. The summed E-state index contributed by atoms with van der Waals surface area (Å²) >= 11 is 10.7. The molecule has 1 atom stereocenters. The summed E-state index contributed by atoms with van der Waals surface area (Å²) in [5.74, 6) is 0.245. The van der Waals surface area contributed by atoms with Gasteiger partial charge in [-0.05, 0) is 0 Å². The molecule has 10 heavy (non-hydrogen) atoms. The first-order chi connectivity index (χ1) is 4.72. The van der Waals surface area contributed by atoms with E-state index in [1.807, 2.05) is 0 Å². The molecule has 0 radical (unpaired) electrons. The topological polar surface area (TPSA) is 41.8 Å². The first kappa shape index (κ1) is 8.11. The Labute approximate surface area is 68.6 Å². The smallest absolute Gasteiger partial charge is 0.216 e. The molecule has 1 aliphatic rings. The van der Waals surface area contributed by atoms with Crippen molar-refractivity contribution >= 4 is 29.1 Å². The van der Waals surface area contributed by atoms with Crippen LogP contribution in [0.3, 0.4) is 0 Å². The van der Waals surface area contributed by atoms with E-state index in [4.69, 9.17) is 33.0 Å². The van der Waals surface area contributed by atoms with Crippen molar-refractivity contribution in [2.45, 2.75) is 10.9 Å². The van der Waals surface area contributed by atoms with Crippen molar-refractivity contribution in [1.29, 1.82) is 0 Å². The zero-order valence-electron chi connectivity index (χ0n) is 5.13. The van der Waals surface area contributed by atoms with E-state index in [2.05, 4.69) is 4.99 Å². The number of alkyl halides is 2. The molecule has 0 saturated heterocycles. The Morgan fingerprint density at radius 3 is 2.70 bits per heavy atom. The maximum atomic E-state index is 9.11. The number of ether oxygens (including phenoxy) is 1. The Morgan fingerprint density at radius 2 is 2.30 bits per heavy atom. The average Bonchev–Trinajstić information content (AvgIpc) is 2.36. The second-order valence-electron chi connectivity index (χ2n) is 1.85. The fourth-order valence-electron chi connectivity index (χ4n) is 0.638. The summed E-state index contributed by atoms with van der Waals surface area (Å²) in [5.41, 5.74) is 0. The van der Waals surface area contributed by atoms with Crippen LogP contribution in [-0.2, 0) is 4.74 Å². The van der Waals surface area contributed by atoms with E-state index < -0.39 is 10.9 Å². The summed E-state index contributed by atoms with van der Waals surface area (Å²) in [5, 5.41) is 9.11.